The average molecular weight is 270 g/mol. The zero-order valence-corrected chi connectivity index (χ0v) is 10.7. The van der Waals surface area contributed by atoms with Crippen molar-refractivity contribution in [2.24, 2.45) is 0 Å². The van der Waals surface area contributed by atoms with Crippen LogP contribution in [-0.2, 0) is 9.59 Å². The lowest BCUT2D eigenvalue weighted by atomic mass is 10.2. The largest absolute Gasteiger partial charge is 0.345 e. The highest BCUT2D eigenvalue weighted by atomic mass is 16.2. The van der Waals surface area contributed by atoms with Gasteiger partial charge in [0, 0.05) is 18.4 Å². The zero-order chi connectivity index (χ0) is 13.9. The number of aromatic nitrogens is 2. The SMILES string of the molecule is O=C(Nc1ccccc1-n1cccn1)C(=O)NC1CC1. The summed E-state index contributed by atoms with van der Waals surface area (Å²) in [6.07, 6.45) is 5.32. The molecular formula is C14H14N4O2. The van der Waals surface area contributed by atoms with Crippen LogP contribution in [0.2, 0.25) is 0 Å². The Morgan fingerprint density at radius 2 is 1.95 bits per heavy atom. The van der Waals surface area contributed by atoms with E-state index in [9.17, 15) is 9.59 Å². The van der Waals surface area contributed by atoms with Crippen LogP contribution in [0.15, 0.2) is 42.7 Å². The van der Waals surface area contributed by atoms with E-state index < -0.39 is 11.8 Å². The van der Waals surface area contributed by atoms with Crippen LogP contribution in [0.4, 0.5) is 5.69 Å². The second-order valence-electron chi connectivity index (χ2n) is 4.67. The molecule has 102 valence electrons. The minimum atomic E-state index is -0.656. The van der Waals surface area contributed by atoms with E-state index in [1.807, 2.05) is 12.1 Å². The molecule has 3 rings (SSSR count). The standard InChI is InChI=1S/C14H14N4O2/c19-13(16-10-6-7-10)14(20)17-11-4-1-2-5-12(11)18-9-3-8-15-18/h1-5,8-10H,6-7H2,(H,16,19)(H,17,20). The summed E-state index contributed by atoms with van der Waals surface area (Å²) in [5, 5.41) is 9.40. The van der Waals surface area contributed by atoms with Crippen LogP contribution < -0.4 is 10.6 Å². The molecule has 0 saturated heterocycles. The predicted octanol–water partition coefficient (Wildman–Crippen LogP) is 1.09. The van der Waals surface area contributed by atoms with Crippen LogP contribution in [0.1, 0.15) is 12.8 Å². The third-order valence-corrected chi connectivity index (χ3v) is 3.02. The lowest BCUT2D eigenvalue weighted by molar-refractivity contribution is -0.136. The molecule has 6 heteroatoms. The molecule has 2 aromatic rings. The highest BCUT2D eigenvalue weighted by Gasteiger charge is 2.26. The van der Waals surface area contributed by atoms with E-state index in [2.05, 4.69) is 15.7 Å². The number of para-hydroxylation sites is 2. The number of nitrogens with zero attached hydrogens (tertiary/aromatic N) is 2. The van der Waals surface area contributed by atoms with Crippen molar-refractivity contribution in [3.63, 3.8) is 0 Å². The average Bonchev–Trinajstić information content (AvgIpc) is 3.10. The van der Waals surface area contributed by atoms with Crippen molar-refractivity contribution < 1.29 is 9.59 Å². The van der Waals surface area contributed by atoms with Crippen molar-refractivity contribution in [1.29, 1.82) is 0 Å². The molecule has 1 aromatic heterocycles. The van der Waals surface area contributed by atoms with Crippen molar-refractivity contribution in [2.45, 2.75) is 18.9 Å². The predicted molar refractivity (Wildman–Crippen MR) is 73.4 cm³/mol. The first kappa shape index (κ1) is 12.4. The molecular weight excluding hydrogens is 256 g/mol. The topological polar surface area (TPSA) is 76.0 Å². The van der Waals surface area contributed by atoms with Crippen molar-refractivity contribution in [1.82, 2.24) is 15.1 Å². The number of hydrogen-bond donors (Lipinski definition) is 2. The van der Waals surface area contributed by atoms with Gasteiger partial charge in [0.2, 0.25) is 0 Å². The van der Waals surface area contributed by atoms with Gasteiger partial charge in [-0.2, -0.15) is 5.10 Å². The molecule has 1 aliphatic rings. The third-order valence-electron chi connectivity index (χ3n) is 3.02. The lowest BCUT2D eigenvalue weighted by Gasteiger charge is -2.10. The molecule has 0 atom stereocenters. The highest BCUT2D eigenvalue weighted by Crippen LogP contribution is 2.20. The monoisotopic (exact) mass is 270 g/mol. The molecule has 0 bridgehead atoms. The molecule has 1 aromatic carbocycles. The second kappa shape index (κ2) is 5.16. The Morgan fingerprint density at radius 3 is 2.65 bits per heavy atom. The molecule has 2 N–H and O–H groups in total. The summed E-state index contributed by atoms with van der Waals surface area (Å²) < 4.78 is 1.63. The maximum Gasteiger partial charge on any atom is 0.313 e. The fourth-order valence-electron chi connectivity index (χ4n) is 1.85. The Bertz CT molecular complexity index is 632. The van der Waals surface area contributed by atoms with Gasteiger partial charge in [-0.3, -0.25) is 9.59 Å². The first-order chi connectivity index (χ1) is 9.74. The highest BCUT2D eigenvalue weighted by molar-refractivity contribution is 6.39. The van der Waals surface area contributed by atoms with E-state index in [4.69, 9.17) is 0 Å². The summed E-state index contributed by atoms with van der Waals surface area (Å²) in [6, 6.07) is 9.15. The number of rotatable bonds is 3. The quantitative estimate of drug-likeness (QED) is 0.820. The summed E-state index contributed by atoms with van der Waals surface area (Å²) in [5.41, 5.74) is 1.26. The molecule has 2 amide bonds. The van der Waals surface area contributed by atoms with Gasteiger partial charge in [-0.25, -0.2) is 4.68 Å². The van der Waals surface area contributed by atoms with Gasteiger partial charge in [-0.15, -0.1) is 0 Å². The summed E-state index contributed by atoms with van der Waals surface area (Å²) in [4.78, 5) is 23.5. The Labute approximate surface area is 115 Å². The van der Waals surface area contributed by atoms with Crippen molar-refractivity contribution in [2.75, 3.05) is 5.32 Å². The molecule has 6 nitrogen and oxygen atoms in total. The van der Waals surface area contributed by atoms with Gasteiger partial charge >= 0.3 is 11.8 Å². The summed E-state index contributed by atoms with van der Waals surface area (Å²) in [6.45, 7) is 0. The van der Waals surface area contributed by atoms with Crippen LogP contribution in [-0.4, -0.2) is 27.6 Å². The van der Waals surface area contributed by atoms with Gasteiger partial charge in [0.1, 0.15) is 0 Å². The number of carbonyl (C=O) groups is 2. The molecule has 1 saturated carbocycles. The van der Waals surface area contributed by atoms with Crippen molar-refractivity contribution in [3.05, 3.63) is 42.7 Å². The van der Waals surface area contributed by atoms with Crippen LogP contribution >= 0.6 is 0 Å². The number of amides is 2. The minimum Gasteiger partial charge on any atom is -0.345 e. The normalized spacial score (nSPS) is 13.8. The van der Waals surface area contributed by atoms with Gasteiger partial charge in [0.15, 0.2) is 0 Å². The van der Waals surface area contributed by atoms with Crippen molar-refractivity contribution >= 4 is 17.5 Å². The zero-order valence-electron chi connectivity index (χ0n) is 10.7. The Balaban J connectivity index is 1.76. The van der Waals surface area contributed by atoms with Gasteiger partial charge in [-0.05, 0) is 31.0 Å². The van der Waals surface area contributed by atoms with E-state index in [1.165, 1.54) is 0 Å². The van der Waals surface area contributed by atoms with Crippen molar-refractivity contribution in [3.8, 4) is 5.69 Å². The first-order valence-corrected chi connectivity index (χ1v) is 6.45. The van der Waals surface area contributed by atoms with E-state index in [1.54, 1.807) is 35.3 Å². The molecule has 0 radical (unpaired) electrons. The van der Waals surface area contributed by atoms with Crippen LogP contribution in [0.5, 0.6) is 0 Å². The first-order valence-electron chi connectivity index (χ1n) is 6.45. The lowest BCUT2D eigenvalue weighted by Crippen LogP contribution is -2.36. The molecule has 20 heavy (non-hydrogen) atoms. The number of anilines is 1. The summed E-state index contributed by atoms with van der Waals surface area (Å²) >= 11 is 0. The smallest absolute Gasteiger partial charge is 0.313 e. The number of hydrogen-bond acceptors (Lipinski definition) is 3. The van der Waals surface area contributed by atoms with Gasteiger partial charge in [0.25, 0.3) is 0 Å². The van der Waals surface area contributed by atoms with Crippen LogP contribution in [0.3, 0.4) is 0 Å². The maximum absolute atomic E-state index is 11.8. The molecule has 0 spiro atoms. The minimum absolute atomic E-state index is 0.162. The third kappa shape index (κ3) is 2.69. The fourth-order valence-corrected chi connectivity index (χ4v) is 1.85. The van der Waals surface area contributed by atoms with Crippen LogP contribution in [0, 0.1) is 0 Å². The number of carbonyl (C=O) groups excluding carboxylic acids is 2. The summed E-state index contributed by atoms with van der Waals surface area (Å²) in [7, 11) is 0. The summed E-state index contributed by atoms with van der Waals surface area (Å²) in [5.74, 6) is -1.25. The molecule has 0 unspecified atom stereocenters. The Kier molecular flexibility index (Phi) is 3.20. The van der Waals surface area contributed by atoms with Crippen LogP contribution in [0.25, 0.3) is 5.69 Å². The molecule has 1 heterocycles. The molecule has 0 aliphatic heterocycles. The molecule has 1 fully saturated rings. The fraction of sp³-hybridized carbons (Fsp3) is 0.214. The van der Waals surface area contributed by atoms with Gasteiger partial charge in [-0.1, -0.05) is 12.1 Å². The van der Waals surface area contributed by atoms with Gasteiger partial charge < -0.3 is 10.6 Å². The second-order valence-corrected chi connectivity index (χ2v) is 4.67. The van der Waals surface area contributed by atoms with E-state index >= 15 is 0 Å². The van der Waals surface area contributed by atoms with E-state index in [0.29, 0.717) is 11.4 Å². The molecule has 1 aliphatic carbocycles. The maximum atomic E-state index is 11.8. The number of nitrogens with one attached hydrogen (secondary N) is 2. The van der Waals surface area contributed by atoms with Gasteiger partial charge in [0.05, 0.1) is 11.4 Å². The Morgan fingerprint density at radius 1 is 1.15 bits per heavy atom. The van der Waals surface area contributed by atoms with E-state index in [-0.39, 0.29) is 6.04 Å². The number of benzene rings is 1. The van der Waals surface area contributed by atoms with E-state index in [0.717, 1.165) is 12.8 Å². The Hall–Kier alpha value is -2.63.